The Balaban J connectivity index is 1.97. The summed E-state index contributed by atoms with van der Waals surface area (Å²) < 4.78 is 10.7. The number of carbonyl (C=O) groups is 2. The van der Waals surface area contributed by atoms with E-state index in [1.54, 1.807) is 4.90 Å². The summed E-state index contributed by atoms with van der Waals surface area (Å²) >= 11 is 0. The second-order valence-corrected chi connectivity index (χ2v) is 6.48. The van der Waals surface area contributed by atoms with Gasteiger partial charge in [0.15, 0.2) is 0 Å². The van der Waals surface area contributed by atoms with Gasteiger partial charge in [0.1, 0.15) is 11.6 Å². The second-order valence-electron chi connectivity index (χ2n) is 6.48. The van der Waals surface area contributed by atoms with E-state index in [1.165, 1.54) is 0 Å². The summed E-state index contributed by atoms with van der Waals surface area (Å²) in [6.07, 6.45) is 0.296. The summed E-state index contributed by atoms with van der Waals surface area (Å²) in [5.41, 5.74) is -1.01. The fourth-order valence-corrected chi connectivity index (χ4v) is 2.55. The fourth-order valence-electron chi connectivity index (χ4n) is 2.55. The molecule has 0 aromatic carbocycles. The van der Waals surface area contributed by atoms with Gasteiger partial charge in [0.2, 0.25) is 0 Å². The highest BCUT2D eigenvalue weighted by Gasteiger charge is 2.46. The molecule has 0 aromatic heterocycles. The number of morpholine rings is 1. The van der Waals surface area contributed by atoms with Gasteiger partial charge in [0.25, 0.3) is 0 Å². The SMILES string of the molecule is CC(C)(C)OC(=O)N1CCC2(COCC(C(=O)O)N2)C1. The lowest BCUT2D eigenvalue weighted by molar-refractivity contribution is -0.145. The number of amides is 1. The summed E-state index contributed by atoms with van der Waals surface area (Å²) in [6, 6.07) is -0.720. The van der Waals surface area contributed by atoms with Crippen molar-refractivity contribution in [3.8, 4) is 0 Å². The van der Waals surface area contributed by atoms with E-state index in [-0.39, 0.29) is 12.7 Å². The maximum atomic E-state index is 12.0. The number of carboxylic acid groups (broad SMARTS) is 1. The lowest BCUT2D eigenvalue weighted by Gasteiger charge is -2.37. The maximum Gasteiger partial charge on any atom is 0.410 e. The highest BCUT2D eigenvalue weighted by molar-refractivity contribution is 5.74. The van der Waals surface area contributed by atoms with Crippen LogP contribution < -0.4 is 5.32 Å². The first-order valence-electron chi connectivity index (χ1n) is 6.77. The molecule has 2 atom stereocenters. The van der Waals surface area contributed by atoms with Crippen molar-refractivity contribution >= 4 is 12.1 Å². The number of nitrogens with zero attached hydrogens (tertiary/aromatic N) is 1. The molecule has 114 valence electrons. The van der Waals surface area contributed by atoms with E-state index in [2.05, 4.69) is 5.32 Å². The van der Waals surface area contributed by atoms with E-state index in [9.17, 15) is 9.59 Å². The third kappa shape index (κ3) is 3.40. The van der Waals surface area contributed by atoms with E-state index < -0.39 is 23.2 Å². The van der Waals surface area contributed by atoms with Crippen LogP contribution in [0.3, 0.4) is 0 Å². The normalized spacial score (nSPS) is 30.6. The van der Waals surface area contributed by atoms with Gasteiger partial charge in [-0.1, -0.05) is 0 Å². The number of nitrogens with one attached hydrogen (secondary N) is 1. The van der Waals surface area contributed by atoms with Gasteiger partial charge in [-0.15, -0.1) is 0 Å². The standard InChI is InChI=1S/C13H22N2O5/c1-12(2,3)20-11(18)15-5-4-13(7-15)8-19-6-9(14-13)10(16)17/h9,14H,4-8H2,1-3H3,(H,16,17). The van der Waals surface area contributed by atoms with Crippen LogP contribution in [0.15, 0.2) is 0 Å². The minimum Gasteiger partial charge on any atom is -0.480 e. The molecule has 2 N–H and O–H groups in total. The molecule has 1 spiro atoms. The Labute approximate surface area is 118 Å². The average molecular weight is 286 g/mol. The minimum atomic E-state index is -0.931. The highest BCUT2D eigenvalue weighted by Crippen LogP contribution is 2.26. The first-order valence-corrected chi connectivity index (χ1v) is 6.77. The van der Waals surface area contributed by atoms with E-state index in [0.29, 0.717) is 26.1 Å². The number of carbonyl (C=O) groups excluding carboxylic acids is 1. The van der Waals surface area contributed by atoms with Gasteiger partial charge >= 0.3 is 12.1 Å². The van der Waals surface area contributed by atoms with Crippen LogP contribution in [-0.2, 0) is 14.3 Å². The predicted molar refractivity (Wildman–Crippen MR) is 70.5 cm³/mol. The Morgan fingerprint density at radius 3 is 2.75 bits per heavy atom. The van der Waals surface area contributed by atoms with Crippen LogP contribution >= 0.6 is 0 Å². The molecule has 2 fully saturated rings. The molecule has 0 aliphatic carbocycles. The molecule has 2 unspecified atom stereocenters. The van der Waals surface area contributed by atoms with Crippen molar-refractivity contribution in [3.63, 3.8) is 0 Å². The van der Waals surface area contributed by atoms with Gasteiger partial charge in [-0.3, -0.25) is 10.1 Å². The topological polar surface area (TPSA) is 88.1 Å². The van der Waals surface area contributed by atoms with E-state index in [0.717, 1.165) is 0 Å². The Kier molecular flexibility index (Phi) is 3.93. The lowest BCUT2D eigenvalue weighted by Crippen LogP contribution is -2.62. The number of aliphatic carboxylic acids is 1. The van der Waals surface area contributed by atoms with Crippen molar-refractivity contribution in [2.24, 2.45) is 0 Å². The molecular weight excluding hydrogens is 264 g/mol. The molecule has 0 bridgehead atoms. The summed E-state index contributed by atoms with van der Waals surface area (Å²) in [5, 5.41) is 12.2. The summed E-state index contributed by atoms with van der Waals surface area (Å²) in [6.45, 7) is 6.97. The highest BCUT2D eigenvalue weighted by atomic mass is 16.6. The molecule has 0 saturated carbocycles. The van der Waals surface area contributed by atoms with Crippen molar-refractivity contribution in [1.29, 1.82) is 0 Å². The Morgan fingerprint density at radius 2 is 2.15 bits per heavy atom. The molecule has 0 aromatic rings. The van der Waals surface area contributed by atoms with Crippen molar-refractivity contribution in [2.45, 2.75) is 44.4 Å². The predicted octanol–water partition coefficient (Wildman–Crippen LogP) is 0.439. The quantitative estimate of drug-likeness (QED) is 0.727. The molecule has 2 aliphatic heterocycles. The lowest BCUT2D eigenvalue weighted by atomic mass is 9.96. The molecule has 2 heterocycles. The summed E-state index contributed by atoms with van der Waals surface area (Å²) in [5.74, 6) is -0.931. The Hall–Kier alpha value is -1.34. The van der Waals surface area contributed by atoms with E-state index in [4.69, 9.17) is 14.6 Å². The zero-order valence-electron chi connectivity index (χ0n) is 12.1. The van der Waals surface area contributed by atoms with Crippen molar-refractivity contribution in [1.82, 2.24) is 10.2 Å². The van der Waals surface area contributed by atoms with Crippen LogP contribution in [-0.4, -0.2) is 65.6 Å². The number of carboxylic acids is 1. The van der Waals surface area contributed by atoms with E-state index in [1.807, 2.05) is 20.8 Å². The summed E-state index contributed by atoms with van der Waals surface area (Å²) in [7, 11) is 0. The third-order valence-corrected chi connectivity index (χ3v) is 3.45. The van der Waals surface area contributed by atoms with Crippen molar-refractivity contribution < 1.29 is 24.2 Å². The van der Waals surface area contributed by atoms with E-state index >= 15 is 0 Å². The molecule has 2 rings (SSSR count). The van der Waals surface area contributed by atoms with Gasteiger partial charge in [0, 0.05) is 13.1 Å². The first kappa shape index (κ1) is 15.1. The van der Waals surface area contributed by atoms with Gasteiger partial charge in [-0.25, -0.2) is 4.79 Å². The number of hydrogen-bond acceptors (Lipinski definition) is 5. The number of hydrogen-bond donors (Lipinski definition) is 2. The Bertz CT molecular complexity index is 406. The van der Waals surface area contributed by atoms with Gasteiger partial charge in [-0.2, -0.15) is 0 Å². The monoisotopic (exact) mass is 286 g/mol. The number of likely N-dealkylation sites (tertiary alicyclic amines) is 1. The summed E-state index contributed by atoms with van der Waals surface area (Å²) in [4.78, 5) is 24.7. The molecule has 1 amide bonds. The second kappa shape index (κ2) is 5.21. The minimum absolute atomic E-state index is 0.156. The fraction of sp³-hybridized carbons (Fsp3) is 0.846. The van der Waals surface area contributed by atoms with Gasteiger partial charge in [-0.05, 0) is 27.2 Å². The van der Waals surface area contributed by atoms with Crippen LogP contribution in [0, 0.1) is 0 Å². The zero-order valence-corrected chi connectivity index (χ0v) is 12.1. The Morgan fingerprint density at radius 1 is 1.45 bits per heavy atom. The van der Waals surface area contributed by atoms with Crippen LogP contribution in [0.1, 0.15) is 27.2 Å². The molecule has 2 aliphatic rings. The third-order valence-electron chi connectivity index (χ3n) is 3.45. The van der Waals surface area contributed by atoms with Crippen LogP contribution in [0.25, 0.3) is 0 Å². The molecule has 7 heteroatoms. The van der Waals surface area contributed by atoms with Crippen molar-refractivity contribution in [3.05, 3.63) is 0 Å². The van der Waals surface area contributed by atoms with Gasteiger partial charge in [0.05, 0.1) is 18.8 Å². The van der Waals surface area contributed by atoms with Crippen LogP contribution in [0.5, 0.6) is 0 Å². The molecular formula is C13H22N2O5. The van der Waals surface area contributed by atoms with Gasteiger partial charge < -0.3 is 19.5 Å². The van der Waals surface area contributed by atoms with Crippen molar-refractivity contribution in [2.75, 3.05) is 26.3 Å². The van der Waals surface area contributed by atoms with Crippen LogP contribution in [0.4, 0.5) is 4.79 Å². The molecule has 2 saturated heterocycles. The number of ether oxygens (including phenoxy) is 2. The molecule has 20 heavy (non-hydrogen) atoms. The molecule has 7 nitrogen and oxygen atoms in total. The first-order chi connectivity index (χ1) is 9.21. The smallest absolute Gasteiger partial charge is 0.410 e. The van der Waals surface area contributed by atoms with Crippen LogP contribution in [0.2, 0.25) is 0 Å². The molecule has 0 radical (unpaired) electrons. The largest absolute Gasteiger partial charge is 0.480 e. The average Bonchev–Trinajstić information content (AvgIpc) is 2.71. The maximum absolute atomic E-state index is 12.0. The zero-order chi connectivity index (χ0) is 15.0. The number of rotatable bonds is 1.